The van der Waals surface area contributed by atoms with E-state index in [1.165, 1.54) is 0 Å². The first-order valence-electron chi connectivity index (χ1n) is 6.05. The van der Waals surface area contributed by atoms with E-state index in [9.17, 15) is 10.1 Å². The fraction of sp³-hybridized carbons (Fsp3) is 0.500. The Morgan fingerprint density at radius 2 is 2.24 bits per heavy atom. The average molecular weight is 358 g/mol. The first kappa shape index (κ1) is 21.5. The molecule has 1 aromatic rings. The van der Waals surface area contributed by atoms with Gasteiger partial charge in [-0.3, -0.25) is 10.1 Å². The summed E-state index contributed by atoms with van der Waals surface area (Å²) in [6.07, 6.45) is 0.841. The Morgan fingerprint density at radius 1 is 1.57 bits per heavy atom. The summed E-state index contributed by atoms with van der Waals surface area (Å²) in [5.74, 6) is 3.50. The van der Waals surface area contributed by atoms with Crippen LogP contribution in [0.1, 0.15) is 12.9 Å². The molecular formula is C12H20KN3O3S2. The molecule has 1 aromatic heterocycles. The maximum Gasteiger partial charge on any atom is 1.00 e. The number of thiol groups is 1. The third kappa shape index (κ3) is 10.8. The van der Waals surface area contributed by atoms with Crippen LogP contribution in [0, 0.1) is 10.1 Å². The molecule has 1 heterocycles. The van der Waals surface area contributed by atoms with Crippen molar-refractivity contribution in [1.29, 1.82) is 0 Å². The van der Waals surface area contributed by atoms with Crippen LogP contribution in [0.15, 0.2) is 27.8 Å². The molecule has 0 bridgehead atoms. The number of nitrogens with one attached hydrogen (secondary N) is 1. The van der Waals surface area contributed by atoms with Crippen molar-refractivity contribution in [3.05, 3.63) is 45.0 Å². The monoisotopic (exact) mass is 357 g/mol. The first-order valence-corrected chi connectivity index (χ1v) is 7.66. The van der Waals surface area contributed by atoms with Gasteiger partial charge in [-0.2, -0.15) is 11.8 Å². The second kappa shape index (κ2) is 12.0. The van der Waals surface area contributed by atoms with Crippen molar-refractivity contribution < 1.29 is 62.2 Å². The fourth-order valence-corrected chi connectivity index (χ4v) is 2.42. The average Bonchev–Trinajstić information content (AvgIpc) is 2.74. The van der Waals surface area contributed by atoms with Crippen LogP contribution in [-0.4, -0.2) is 36.2 Å². The minimum atomic E-state index is -0.530. The molecule has 0 aromatic carbocycles. The van der Waals surface area contributed by atoms with E-state index in [1.807, 2.05) is 26.2 Å². The van der Waals surface area contributed by atoms with Crippen molar-refractivity contribution >= 4 is 24.4 Å². The molecule has 9 heteroatoms. The van der Waals surface area contributed by atoms with Crippen molar-refractivity contribution in [2.24, 2.45) is 0 Å². The minimum absolute atomic E-state index is 0. The van der Waals surface area contributed by atoms with Crippen molar-refractivity contribution in [3.63, 3.8) is 0 Å². The van der Waals surface area contributed by atoms with Gasteiger partial charge in [0.15, 0.2) is 0 Å². The SMILES string of the molecule is CN(C)Cc1ccc(CSCCNC(S)=C[N+](=O)[O-])o1.[H-].[K+]. The van der Waals surface area contributed by atoms with Crippen molar-refractivity contribution in [2.45, 2.75) is 12.3 Å². The van der Waals surface area contributed by atoms with Gasteiger partial charge >= 0.3 is 51.4 Å². The fourth-order valence-electron chi connectivity index (χ4n) is 1.47. The molecule has 0 amide bonds. The third-order valence-corrected chi connectivity index (χ3v) is 3.47. The quantitative estimate of drug-likeness (QED) is 0.200. The summed E-state index contributed by atoms with van der Waals surface area (Å²) >= 11 is 5.65. The van der Waals surface area contributed by atoms with E-state index in [-0.39, 0.29) is 57.8 Å². The molecule has 0 spiro atoms. The van der Waals surface area contributed by atoms with E-state index < -0.39 is 4.92 Å². The summed E-state index contributed by atoms with van der Waals surface area (Å²) < 4.78 is 5.68. The zero-order valence-electron chi connectivity index (χ0n) is 13.5. The second-order valence-corrected chi connectivity index (χ2v) is 5.97. The summed E-state index contributed by atoms with van der Waals surface area (Å²) in [5.41, 5.74) is 0. The van der Waals surface area contributed by atoms with E-state index in [2.05, 4.69) is 22.8 Å². The Labute approximate surface area is 178 Å². The molecule has 0 radical (unpaired) electrons. The summed E-state index contributed by atoms with van der Waals surface area (Å²) in [7, 11) is 3.99. The molecule has 1 rings (SSSR count). The molecule has 114 valence electrons. The van der Waals surface area contributed by atoms with Crippen LogP contribution in [0.5, 0.6) is 0 Å². The number of furan rings is 1. The van der Waals surface area contributed by atoms with Crippen LogP contribution in [0.25, 0.3) is 0 Å². The molecule has 0 saturated heterocycles. The third-order valence-electron chi connectivity index (χ3n) is 2.21. The maximum absolute atomic E-state index is 10.2. The van der Waals surface area contributed by atoms with Crippen LogP contribution in [0.3, 0.4) is 0 Å². The molecule has 0 atom stereocenters. The molecule has 0 aliphatic carbocycles. The Morgan fingerprint density at radius 3 is 2.86 bits per heavy atom. The van der Waals surface area contributed by atoms with Crippen LogP contribution in [-0.2, 0) is 12.3 Å². The largest absolute Gasteiger partial charge is 1.00 e. The molecule has 1 N–H and O–H groups in total. The summed E-state index contributed by atoms with van der Waals surface area (Å²) in [4.78, 5) is 11.7. The van der Waals surface area contributed by atoms with Crippen molar-refractivity contribution in [3.8, 4) is 0 Å². The number of thioether (sulfide) groups is 1. The molecular weight excluding hydrogens is 337 g/mol. The van der Waals surface area contributed by atoms with Crippen LogP contribution >= 0.6 is 24.4 Å². The van der Waals surface area contributed by atoms with E-state index in [1.54, 1.807) is 11.8 Å². The van der Waals surface area contributed by atoms with E-state index >= 15 is 0 Å². The Bertz CT molecular complexity index is 472. The Balaban J connectivity index is 0. The smallest absolute Gasteiger partial charge is 1.00 e. The van der Waals surface area contributed by atoms with Gasteiger partial charge in [0.05, 0.1) is 17.2 Å². The van der Waals surface area contributed by atoms with Gasteiger partial charge in [-0.05, 0) is 26.2 Å². The predicted molar refractivity (Wildman–Crippen MR) is 85.4 cm³/mol. The molecule has 21 heavy (non-hydrogen) atoms. The van der Waals surface area contributed by atoms with Gasteiger partial charge in [0.25, 0.3) is 6.20 Å². The standard InChI is InChI=1S/C12H19N3O3S2.K.H/c1-14(2)7-10-3-4-11(18-10)9-20-6-5-13-12(19)8-15(16)17;;/h3-4,8,13,19H,5-7,9H2,1-2H3;;/q;+1;-1. The zero-order chi connectivity index (χ0) is 15.0. The molecule has 6 nitrogen and oxygen atoms in total. The number of nitrogens with zero attached hydrogens (tertiary/aromatic N) is 2. The van der Waals surface area contributed by atoms with E-state index in [4.69, 9.17) is 4.42 Å². The molecule has 0 aliphatic heterocycles. The van der Waals surface area contributed by atoms with Gasteiger partial charge in [-0.25, -0.2) is 0 Å². The number of rotatable bonds is 9. The van der Waals surface area contributed by atoms with Crippen LogP contribution in [0.4, 0.5) is 0 Å². The van der Waals surface area contributed by atoms with Crippen LogP contribution < -0.4 is 56.7 Å². The minimum Gasteiger partial charge on any atom is -1.00 e. The first-order chi connectivity index (χ1) is 9.47. The van der Waals surface area contributed by atoms with Crippen molar-refractivity contribution in [2.75, 3.05) is 26.4 Å². The summed E-state index contributed by atoms with van der Waals surface area (Å²) in [5, 5.41) is 13.3. The van der Waals surface area contributed by atoms with Gasteiger partial charge in [0, 0.05) is 12.3 Å². The zero-order valence-corrected chi connectivity index (χ0v) is 17.4. The molecule has 0 unspecified atom stereocenters. The van der Waals surface area contributed by atoms with Gasteiger partial charge in [-0.1, -0.05) is 0 Å². The summed E-state index contributed by atoms with van der Waals surface area (Å²) in [6.45, 7) is 1.42. The van der Waals surface area contributed by atoms with E-state index in [0.29, 0.717) is 6.54 Å². The Hall–Kier alpha value is 0.516. The van der Waals surface area contributed by atoms with Gasteiger partial charge < -0.3 is 16.1 Å². The summed E-state index contributed by atoms with van der Waals surface area (Å²) in [6, 6.07) is 3.97. The topological polar surface area (TPSA) is 71.5 Å². The van der Waals surface area contributed by atoms with E-state index in [0.717, 1.165) is 35.8 Å². The number of hydrogen-bond donors (Lipinski definition) is 2. The molecule has 0 saturated carbocycles. The number of nitro groups is 1. The molecule has 0 fully saturated rings. The molecule has 0 aliphatic rings. The number of hydrogen-bond acceptors (Lipinski definition) is 7. The normalized spacial score (nSPS) is 11.3. The van der Waals surface area contributed by atoms with Gasteiger partial charge in [0.2, 0.25) is 0 Å². The Kier molecular flexibility index (Phi) is 12.3. The van der Waals surface area contributed by atoms with Crippen LogP contribution in [0.2, 0.25) is 0 Å². The second-order valence-electron chi connectivity index (χ2n) is 4.38. The van der Waals surface area contributed by atoms with Crippen molar-refractivity contribution in [1.82, 2.24) is 10.2 Å². The van der Waals surface area contributed by atoms with Gasteiger partial charge in [0.1, 0.15) is 16.5 Å². The van der Waals surface area contributed by atoms with Gasteiger partial charge in [-0.15, -0.1) is 12.6 Å². The predicted octanol–water partition coefficient (Wildman–Crippen LogP) is -0.714. The maximum atomic E-state index is 10.2.